The second kappa shape index (κ2) is 4.68. The van der Waals surface area contributed by atoms with Gasteiger partial charge in [0.2, 0.25) is 0 Å². The van der Waals surface area contributed by atoms with Crippen molar-refractivity contribution in [1.82, 2.24) is 5.32 Å². The summed E-state index contributed by atoms with van der Waals surface area (Å²) in [7, 11) is 0. The van der Waals surface area contributed by atoms with E-state index < -0.39 is 11.9 Å². The van der Waals surface area contributed by atoms with Crippen LogP contribution >= 0.6 is 0 Å². The molecule has 2 aliphatic carbocycles. The summed E-state index contributed by atoms with van der Waals surface area (Å²) in [5.41, 5.74) is 0.592. The van der Waals surface area contributed by atoms with Crippen molar-refractivity contribution in [1.29, 1.82) is 0 Å². The number of aliphatic carboxylic acids is 1. The van der Waals surface area contributed by atoms with Gasteiger partial charge in [0.15, 0.2) is 0 Å². The minimum atomic E-state index is -0.773. The van der Waals surface area contributed by atoms with E-state index in [4.69, 9.17) is 0 Å². The van der Waals surface area contributed by atoms with Crippen LogP contribution < -0.4 is 5.32 Å². The molecule has 1 aromatic rings. The van der Waals surface area contributed by atoms with E-state index in [1.165, 1.54) is 0 Å². The summed E-state index contributed by atoms with van der Waals surface area (Å²) in [6.07, 6.45) is 2.96. The van der Waals surface area contributed by atoms with Crippen LogP contribution in [-0.4, -0.2) is 23.0 Å². The lowest BCUT2D eigenvalue weighted by atomic mass is 9.84. The van der Waals surface area contributed by atoms with Crippen LogP contribution in [0, 0.1) is 17.8 Å². The molecule has 0 spiro atoms. The van der Waals surface area contributed by atoms with Crippen molar-refractivity contribution in [2.75, 3.05) is 0 Å². The highest BCUT2D eigenvalue weighted by atomic mass is 16.4. The van der Waals surface area contributed by atoms with Gasteiger partial charge in [-0.3, -0.25) is 9.59 Å². The summed E-state index contributed by atoms with van der Waals surface area (Å²) >= 11 is 0. The van der Waals surface area contributed by atoms with Gasteiger partial charge in [0, 0.05) is 11.6 Å². The van der Waals surface area contributed by atoms with Crippen LogP contribution in [0.2, 0.25) is 0 Å². The van der Waals surface area contributed by atoms with E-state index in [0.29, 0.717) is 11.5 Å². The van der Waals surface area contributed by atoms with Gasteiger partial charge in [0.25, 0.3) is 5.91 Å². The van der Waals surface area contributed by atoms with Crippen LogP contribution in [0.15, 0.2) is 30.3 Å². The minimum absolute atomic E-state index is 0.163. The Morgan fingerprint density at radius 2 is 1.79 bits per heavy atom. The molecule has 3 rings (SSSR count). The van der Waals surface area contributed by atoms with Crippen molar-refractivity contribution in [3.05, 3.63) is 35.9 Å². The molecule has 1 amide bonds. The van der Waals surface area contributed by atoms with Crippen molar-refractivity contribution in [2.24, 2.45) is 17.8 Å². The highest BCUT2D eigenvalue weighted by Gasteiger charge is 2.51. The molecule has 2 N–H and O–H groups in total. The Labute approximate surface area is 111 Å². The van der Waals surface area contributed by atoms with Crippen molar-refractivity contribution >= 4 is 11.9 Å². The number of nitrogens with one attached hydrogen (secondary N) is 1. The number of carbonyl (C=O) groups excluding carboxylic acids is 1. The smallest absolute Gasteiger partial charge is 0.308 e. The van der Waals surface area contributed by atoms with Gasteiger partial charge in [0.05, 0.1) is 5.92 Å². The molecule has 0 radical (unpaired) electrons. The molecule has 2 bridgehead atoms. The second-order valence-corrected chi connectivity index (χ2v) is 5.56. The molecule has 2 fully saturated rings. The zero-order chi connectivity index (χ0) is 13.4. The summed E-state index contributed by atoms with van der Waals surface area (Å²) < 4.78 is 0. The zero-order valence-electron chi connectivity index (χ0n) is 10.6. The predicted octanol–water partition coefficient (Wildman–Crippen LogP) is 1.92. The third-order valence-corrected chi connectivity index (χ3v) is 4.54. The van der Waals surface area contributed by atoms with Gasteiger partial charge in [-0.1, -0.05) is 18.2 Å². The summed E-state index contributed by atoms with van der Waals surface area (Å²) in [5, 5.41) is 12.3. The molecule has 0 heterocycles. The lowest BCUT2D eigenvalue weighted by Crippen LogP contribution is -2.46. The molecule has 0 unspecified atom stereocenters. The lowest BCUT2D eigenvalue weighted by molar-refractivity contribution is -0.144. The zero-order valence-corrected chi connectivity index (χ0v) is 10.6. The minimum Gasteiger partial charge on any atom is -0.481 e. The topological polar surface area (TPSA) is 66.4 Å². The molecular weight excluding hydrogens is 242 g/mol. The molecule has 19 heavy (non-hydrogen) atoms. The van der Waals surface area contributed by atoms with Crippen LogP contribution in [0.4, 0.5) is 0 Å². The number of carbonyl (C=O) groups is 2. The number of carboxylic acid groups (broad SMARTS) is 1. The third-order valence-electron chi connectivity index (χ3n) is 4.54. The maximum Gasteiger partial charge on any atom is 0.308 e. The molecule has 0 aliphatic heterocycles. The number of fused-ring (bicyclic) bond motifs is 2. The molecule has 4 nitrogen and oxygen atoms in total. The van der Waals surface area contributed by atoms with Crippen LogP contribution in [-0.2, 0) is 4.79 Å². The van der Waals surface area contributed by atoms with Crippen LogP contribution in [0.3, 0.4) is 0 Å². The number of benzene rings is 1. The van der Waals surface area contributed by atoms with E-state index >= 15 is 0 Å². The van der Waals surface area contributed by atoms with Gasteiger partial charge in [-0.2, -0.15) is 0 Å². The molecule has 2 saturated carbocycles. The van der Waals surface area contributed by atoms with E-state index in [1.807, 2.05) is 18.2 Å². The Morgan fingerprint density at radius 3 is 2.47 bits per heavy atom. The molecule has 0 saturated heterocycles. The first-order chi connectivity index (χ1) is 9.16. The van der Waals surface area contributed by atoms with E-state index in [0.717, 1.165) is 19.3 Å². The average Bonchev–Trinajstić information content (AvgIpc) is 3.00. The average molecular weight is 259 g/mol. The third kappa shape index (κ3) is 2.11. The number of amides is 1. The van der Waals surface area contributed by atoms with E-state index in [2.05, 4.69) is 5.32 Å². The largest absolute Gasteiger partial charge is 0.481 e. The van der Waals surface area contributed by atoms with Gasteiger partial charge in [-0.15, -0.1) is 0 Å². The van der Waals surface area contributed by atoms with E-state index in [9.17, 15) is 14.7 Å². The van der Waals surface area contributed by atoms with Gasteiger partial charge < -0.3 is 10.4 Å². The molecule has 2 aliphatic rings. The molecule has 100 valence electrons. The Balaban J connectivity index is 1.76. The lowest BCUT2D eigenvalue weighted by Gasteiger charge is -2.28. The molecule has 1 aromatic carbocycles. The van der Waals surface area contributed by atoms with Gasteiger partial charge in [-0.25, -0.2) is 0 Å². The Morgan fingerprint density at radius 1 is 1.11 bits per heavy atom. The monoisotopic (exact) mass is 259 g/mol. The van der Waals surface area contributed by atoms with Crippen molar-refractivity contribution in [3.8, 4) is 0 Å². The van der Waals surface area contributed by atoms with Crippen LogP contribution in [0.5, 0.6) is 0 Å². The van der Waals surface area contributed by atoms with E-state index in [1.54, 1.807) is 12.1 Å². The summed E-state index contributed by atoms with van der Waals surface area (Å²) in [5.74, 6) is -0.774. The molecular formula is C15H17NO3. The molecule has 0 aromatic heterocycles. The normalized spacial score (nSPS) is 32.2. The Hall–Kier alpha value is -1.84. The summed E-state index contributed by atoms with van der Waals surface area (Å²) in [6, 6.07) is 8.77. The second-order valence-electron chi connectivity index (χ2n) is 5.56. The number of hydrogen-bond acceptors (Lipinski definition) is 2. The van der Waals surface area contributed by atoms with Crippen molar-refractivity contribution < 1.29 is 14.7 Å². The van der Waals surface area contributed by atoms with Crippen LogP contribution in [0.25, 0.3) is 0 Å². The maximum atomic E-state index is 12.1. The Kier molecular flexibility index (Phi) is 3.01. The maximum absolute atomic E-state index is 12.1. The predicted molar refractivity (Wildman–Crippen MR) is 69.7 cm³/mol. The number of rotatable bonds is 3. The standard InChI is InChI=1S/C15H17NO3/c17-14(9-4-2-1-3-5-9)16-13-11-7-6-10(8-11)12(13)15(18)19/h1-5,10-13H,6-8H2,(H,16,17)(H,18,19)/t10-,11-,12+,13+/m0/s1. The highest BCUT2D eigenvalue weighted by molar-refractivity contribution is 5.94. The van der Waals surface area contributed by atoms with Crippen LogP contribution in [0.1, 0.15) is 29.6 Å². The Bertz CT molecular complexity index is 499. The number of hydrogen-bond donors (Lipinski definition) is 2. The SMILES string of the molecule is O=C(N[C@@H]1[C@H]2CC[C@@H](C2)[C@H]1C(=O)O)c1ccccc1. The van der Waals surface area contributed by atoms with E-state index in [-0.39, 0.29) is 17.9 Å². The van der Waals surface area contributed by atoms with Gasteiger partial charge >= 0.3 is 5.97 Å². The quantitative estimate of drug-likeness (QED) is 0.871. The van der Waals surface area contributed by atoms with Crippen molar-refractivity contribution in [3.63, 3.8) is 0 Å². The summed E-state index contributed by atoms with van der Waals surface area (Å²) in [4.78, 5) is 23.5. The fourth-order valence-electron chi connectivity index (χ4n) is 3.68. The van der Waals surface area contributed by atoms with Gasteiger partial charge in [0.1, 0.15) is 0 Å². The number of carboxylic acids is 1. The first-order valence-corrected chi connectivity index (χ1v) is 6.75. The molecule has 4 atom stereocenters. The van der Waals surface area contributed by atoms with Gasteiger partial charge in [-0.05, 0) is 43.2 Å². The first-order valence-electron chi connectivity index (χ1n) is 6.75. The fraction of sp³-hybridized carbons (Fsp3) is 0.467. The highest BCUT2D eigenvalue weighted by Crippen LogP contribution is 2.48. The fourth-order valence-corrected chi connectivity index (χ4v) is 3.68. The molecule has 4 heteroatoms. The van der Waals surface area contributed by atoms with Crippen molar-refractivity contribution in [2.45, 2.75) is 25.3 Å². The summed E-state index contributed by atoms with van der Waals surface area (Å²) in [6.45, 7) is 0. The first kappa shape index (κ1) is 12.2.